The summed E-state index contributed by atoms with van der Waals surface area (Å²) in [6.07, 6.45) is 1.11. The minimum Gasteiger partial charge on any atom is -0.481 e. The number of alkyl carbamates (subject to hydrolysis) is 1. The number of ether oxygens (including phenoxy) is 1. The number of nitrogens with zero attached hydrogens (tertiary/aromatic N) is 2. The number of fused-ring (bicyclic) bond motifs is 3. The fourth-order valence-electron chi connectivity index (χ4n) is 4.44. The zero-order valence-electron chi connectivity index (χ0n) is 19.7. The Kier molecular flexibility index (Phi) is 7.14. The molecule has 2 amide bonds. The third-order valence-electron chi connectivity index (χ3n) is 6.30. The number of carboxylic acids is 1. The highest BCUT2D eigenvalue weighted by Gasteiger charge is 2.29. The summed E-state index contributed by atoms with van der Waals surface area (Å²) in [5, 5.41) is 18.5. The molecular formula is C26H28N4O5. The standard InChI is InChI=1S/C26H28N4O5/c1-3-16(12-24(31)32)29-25(33)21-13-28-30(2)23(21)14-27-26(34)35-15-22-19-10-6-4-8-17(19)18-9-5-7-11-20(18)22/h4-11,13,16,22H,3,12,14-15H2,1-2H3,(H,27,34)(H,29,33)(H,31,32)/t16-/m0/s1. The van der Waals surface area contributed by atoms with E-state index in [1.807, 2.05) is 24.3 Å². The Balaban J connectivity index is 1.37. The molecule has 4 rings (SSSR count). The first-order valence-corrected chi connectivity index (χ1v) is 11.5. The van der Waals surface area contributed by atoms with Crippen molar-refractivity contribution in [2.45, 2.75) is 38.3 Å². The normalized spacial score (nSPS) is 13.0. The maximum atomic E-state index is 12.7. The molecule has 2 aromatic carbocycles. The SMILES string of the molecule is CC[C@@H](CC(=O)O)NC(=O)c1cnn(C)c1CNC(=O)OCC1c2ccccc2-c2ccccc21. The first kappa shape index (κ1) is 24.0. The van der Waals surface area contributed by atoms with Gasteiger partial charge in [-0.05, 0) is 28.7 Å². The van der Waals surface area contributed by atoms with Gasteiger partial charge < -0.3 is 20.5 Å². The van der Waals surface area contributed by atoms with E-state index in [0.717, 1.165) is 22.3 Å². The molecule has 0 bridgehead atoms. The molecule has 1 aliphatic carbocycles. The van der Waals surface area contributed by atoms with Crippen molar-refractivity contribution in [1.82, 2.24) is 20.4 Å². The molecule has 0 saturated heterocycles. The fourth-order valence-corrected chi connectivity index (χ4v) is 4.44. The Morgan fingerprint density at radius 3 is 2.31 bits per heavy atom. The Labute approximate surface area is 203 Å². The van der Waals surface area contributed by atoms with E-state index in [4.69, 9.17) is 9.84 Å². The molecule has 1 heterocycles. The molecule has 182 valence electrons. The number of hydrogen-bond acceptors (Lipinski definition) is 5. The highest BCUT2D eigenvalue weighted by atomic mass is 16.5. The van der Waals surface area contributed by atoms with E-state index >= 15 is 0 Å². The third kappa shape index (κ3) is 5.18. The van der Waals surface area contributed by atoms with Crippen LogP contribution in [0.3, 0.4) is 0 Å². The van der Waals surface area contributed by atoms with E-state index < -0.39 is 24.0 Å². The molecule has 3 aromatic rings. The van der Waals surface area contributed by atoms with E-state index in [1.54, 1.807) is 14.0 Å². The van der Waals surface area contributed by atoms with Gasteiger partial charge in [-0.15, -0.1) is 0 Å². The number of carbonyl (C=O) groups is 3. The summed E-state index contributed by atoms with van der Waals surface area (Å²) in [4.78, 5) is 36.2. The van der Waals surface area contributed by atoms with Crippen LogP contribution in [0.25, 0.3) is 11.1 Å². The van der Waals surface area contributed by atoms with Crippen LogP contribution in [0.2, 0.25) is 0 Å². The predicted octanol–water partition coefficient (Wildman–Crippen LogP) is 3.44. The van der Waals surface area contributed by atoms with Crippen molar-refractivity contribution in [3.63, 3.8) is 0 Å². The Morgan fingerprint density at radius 2 is 1.71 bits per heavy atom. The van der Waals surface area contributed by atoms with Gasteiger partial charge in [0.2, 0.25) is 0 Å². The van der Waals surface area contributed by atoms with Crippen molar-refractivity contribution in [2.75, 3.05) is 6.61 Å². The average molecular weight is 477 g/mol. The van der Waals surface area contributed by atoms with Crippen LogP contribution in [0.4, 0.5) is 4.79 Å². The van der Waals surface area contributed by atoms with Gasteiger partial charge in [0, 0.05) is 19.0 Å². The van der Waals surface area contributed by atoms with Gasteiger partial charge in [0.05, 0.1) is 30.4 Å². The monoisotopic (exact) mass is 476 g/mol. The lowest BCUT2D eigenvalue weighted by Crippen LogP contribution is -2.37. The fraction of sp³-hybridized carbons (Fsp3) is 0.308. The van der Waals surface area contributed by atoms with E-state index in [9.17, 15) is 14.4 Å². The lowest BCUT2D eigenvalue weighted by Gasteiger charge is -2.16. The minimum atomic E-state index is -0.986. The van der Waals surface area contributed by atoms with Gasteiger partial charge in [0.15, 0.2) is 0 Å². The van der Waals surface area contributed by atoms with Crippen LogP contribution < -0.4 is 10.6 Å². The van der Waals surface area contributed by atoms with Gasteiger partial charge in [0.25, 0.3) is 5.91 Å². The number of aliphatic carboxylic acids is 1. The van der Waals surface area contributed by atoms with Crippen molar-refractivity contribution in [1.29, 1.82) is 0 Å². The van der Waals surface area contributed by atoms with Crippen LogP contribution in [-0.4, -0.2) is 45.5 Å². The Morgan fingerprint density at radius 1 is 1.09 bits per heavy atom. The van der Waals surface area contributed by atoms with Crippen LogP contribution in [0.15, 0.2) is 54.7 Å². The molecule has 0 spiro atoms. The summed E-state index contributed by atoms with van der Waals surface area (Å²) in [6, 6.07) is 15.7. The van der Waals surface area contributed by atoms with Gasteiger partial charge in [-0.3, -0.25) is 14.3 Å². The first-order chi connectivity index (χ1) is 16.9. The maximum absolute atomic E-state index is 12.7. The van der Waals surface area contributed by atoms with Crippen molar-refractivity contribution < 1.29 is 24.2 Å². The minimum absolute atomic E-state index is 0.0334. The van der Waals surface area contributed by atoms with Gasteiger partial charge in [0.1, 0.15) is 6.61 Å². The second-order valence-electron chi connectivity index (χ2n) is 8.48. The van der Waals surface area contributed by atoms with E-state index in [2.05, 4.69) is 40.0 Å². The van der Waals surface area contributed by atoms with Gasteiger partial charge >= 0.3 is 12.1 Å². The Bertz CT molecular complexity index is 1210. The number of nitrogens with one attached hydrogen (secondary N) is 2. The predicted molar refractivity (Wildman–Crippen MR) is 129 cm³/mol. The van der Waals surface area contributed by atoms with Crippen LogP contribution in [0, 0.1) is 0 Å². The first-order valence-electron chi connectivity index (χ1n) is 11.5. The summed E-state index contributed by atoms with van der Waals surface area (Å²) in [7, 11) is 1.67. The summed E-state index contributed by atoms with van der Waals surface area (Å²) >= 11 is 0. The number of aryl methyl sites for hydroxylation is 1. The summed E-state index contributed by atoms with van der Waals surface area (Å²) < 4.78 is 7.06. The van der Waals surface area contributed by atoms with Crippen LogP contribution in [0.5, 0.6) is 0 Å². The van der Waals surface area contributed by atoms with Crippen molar-refractivity contribution in [2.24, 2.45) is 7.05 Å². The molecule has 0 radical (unpaired) electrons. The highest BCUT2D eigenvalue weighted by Crippen LogP contribution is 2.44. The molecule has 3 N–H and O–H groups in total. The molecule has 0 unspecified atom stereocenters. The van der Waals surface area contributed by atoms with Crippen LogP contribution in [0.1, 0.15) is 52.9 Å². The quantitative estimate of drug-likeness (QED) is 0.435. The molecule has 1 aliphatic rings. The van der Waals surface area contributed by atoms with Gasteiger partial charge in [-0.2, -0.15) is 5.10 Å². The highest BCUT2D eigenvalue weighted by molar-refractivity contribution is 5.95. The maximum Gasteiger partial charge on any atom is 0.407 e. The van der Waals surface area contributed by atoms with Crippen molar-refractivity contribution in [3.8, 4) is 11.1 Å². The second-order valence-corrected chi connectivity index (χ2v) is 8.48. The summed E-state index contributed by atoms with van der Waals surface area (Å²) in [6.45, 7) is 2.02. The third-order valence-corrected chi connectivity index (χ3v) is 6.30. The number of hydrogen-bond donors (Lipinski definition) is 3. The number of benzene rings is 2. The molecule has 1 aromatic heterocycles. The molecule has 35 heavy (non-hydrogen) atoms. The largest absolute Gasteiger partial charge is 0.481 e. The van der Waals surface area contributed by atoms with Crippen molar-refractivity contribution in [3.05, 3.63) is 77.1 Å². The number of rotatable bonds is 9. The van der Waals surface area contributed by atoms with E-state index in [1.165, 1.54) is 10.9 Å². The topological polar surface area (TPSA) is 123 Å². The molecule has 0 fully saturated rings. The lowest BCUT2D eigenvalue weighted by molar-refractivity contribution is -0.137. The Hall–Kier alpha value is -4.14. The molecule has 1 atom stereocenters. The summed E-state index contributed by atoms with van der Waals surface area (Å²) in [5.41, 5.74) is 5.31. The molecular weight excluding hydrogens is 448 g/mol. The molecule has 0 aliphatic heterocycles. The lowest BCUT2D eigenvalue weighted by atomic mass is 9.98. The number of carbonyl (C=O) groups excluding carboxylic acids is 2. The van der Waals surface area contributed by atoms with Crippen LogP contribution >= 0.6 is 0 Å². The number of amides is 2. The van der Waals surface area contributed by atoms with E-state index in [-0.39, 0.29) is 31.1 Å². The molecule has 9 nitrogen and oxygen atoms in total. The smallest absolute Gasteiger partial charge is 0.407 e. The zero-order chi connectivity index (χ0) is 24.9. The summed E-state index contributed by atoms with van der Waals surface area (Å²) in [5.74, 6) is -1.47. The van der Waals surface area contributed by atoms with E-state index in [0.29, 0.717) is 12.1 Å². The number of carboxylic acid groups (broad SMARTS) is 1. The van der Waals surface area contributed by atoms with Gasteiger partial charge in [-0.25, -0.2) is 4.79 Å². The number of aromatic nitrogens is 2. The molecule has 9 heteroatoms. The zero-order valence-corrected chi connectivity index (χ0v) is 19.7. The average Bonchev–Trinajstić information content (AvgIpc) is 3.38. The van der Waals surface area contributed by atoms with Crippen LogP contribution in [-0.2, 0) is 23.1 Å². The second kappa shape index (κ2) is 10.4. The van der Waals surface area contributed by atoms with Crippen molar-refractivity contribution >= 4 is 18.0 Å². The van der Waals surface area contributed by atoms with Gasteiger partial charge in [-0.1, -0.05) is 55.5 Å². The molecule has 0 saturated carbocycles.